The molecule has 208 valence electrons. The second kappa shape index (κ2) is 12.2. The van der Waals surface area contributed by atoms with E-state index in [0.29, 0.717) is 6.10 Å². The molecule has 0 aromatic carbocycles. The maximum Gasteiger partial charge on any atom is 0.192 e. The molecule has 1 rings (SSSR count). The zero-order valence-electron chi connectivity index (χ0n) is 25.9. The van der Waals surface area contributed by atoms with Crippen molar-refractivity contribution in [2.24, 2.45) is 11.3 Å². The lowest BCUT2D eigenvalue weighted by Crippen LogP contribution is -2.44. The van der Waals surface area contributed by atoms with Gasteiger partial charge in [0.2, 0.25) is 0 Å². The summed E-state index contributed by atoms with van der Waals surface area (Å²) in [5.74, 6) is 0.294. The lowest BCUT2D eigenvalue weighted by molar-refractivity contribution is -0.121. The molecule has 6 heteroatoms. The van der Waals surface area contributed by atoms with Crippen LogP contribution in [0.25, 0.3) is 0 Å². The van der Waals surface area contributed by atoms with Gasteiger partial charge in [0.15, 0.2) is 16.6 Å². The highest BCUT2D eigenvalue weighted by atomic mass is 28.4. The Morgan fingerprint density at radius 1 is 1.00 bits per heavy atom. The van der Waals surface area contributed by atoms with E-state index >= 15 is 0 Å². The van der Waals surface area contributed by atoms with E-state index in [0.717, 1.165) is 45.1 Å². The molecule has 4 nitrogen and oxygen atoms in total. The Morgan fingerprint density at radius 3 is 2.03 bits per heavy atom. The van der Waals surface area contributed by atoms with Crippen LogP contribution in [-0.4, -0.2) is 47.3 Å². The van der Waals surface area contributed by atoms with Crippen molar-refractivity contribution in [3.05, 3.63) is 0 Å². The van der Waals surface area contributed by atoms with Gasteiger partial charge in [0, 0.05) is 18.6 Å². The van der Waals surface area contributed by atoms with Crippen molar-refractivity contribution in [3.63, 3.8) is 0 Å². The molecule has 0 radical (unpaired) electrons. The van der Waals surface area contributed by atoms with Crippen molar-refractivity contribution in [2.75, 3.05) is 6.61 Å². The Morgan fingerprint density at radius 2 is 1.54 bits per heavy atom. The number of hydrogen-bond donors (Lipinski definition) is 0. The predicted molar refractivity (Wildman–Crippen MR) is 155 cm³/mol. The highest BCUT2D eigenvalue weighted by Gasteiger charge is 2.43. The lowest BCUT2D eigenvalue weighted by atomic mass is 9.81. The average molecular weight is 529 g/mol. The minimum absolute atomic E-state index is 0.0379. The van der Waals surface area contributed by atoms with Gasteiger partial charge < -0.3 is 13.6 Å². The first-order chi connectivity index (χ1) is 15.6. The molecule has 0 aromatic heterocycles. The summed E-state index contributed by atoms with van der Waals surface area (Å²) >= 11 is 0. The maximum absolute atomic E-state index is 12.0. The molecule has 1 heterocycles. The predicted octanol–water partition coefficient (Wildman–Crippen LogP) is 8.76. The molecule has 1 unspecified atom stereocenters. The van der Waals surface area contributed by atoms with Gasteiger partial charge in [0.25, 0.3) is 0 Å². The number of Topliss-reactive ketones (excluding diaryl/α,β-unsaturated/α-hetero) is 1. The van der Waals surface area contributed by atoms with Gasteiger partial charge in [-0.1, -0.05) is 62.3 Å². The smallest absolute Gasteiger partial charge is 0.192 e. The van der Waals surface area contributed by atoms with E-state index in [1.54, 1.807) is 6.92 Å². The van der Waals surface area contributed by atoms with Gasteiger partial charge in [-0.25, -0.2) is 0 Å². The van der Waals surface area contributed by atoms with Crippen LogP contribution < -0.4 is 0 Å². The Labute approximate surface area is 220 Å². The van der Waals surface area contributed by atoms with Crippen molar-refractivity contribution in [1.29, 1.82) is 0 Å². The van der Waals surface area contributed by atoms with Crippen LogP contribution in [0.1, 0.15) is 108 Å². The van der Waals surface area contributed by atoms with Crippen molar-refractivity contribution >= 4 is 22.4 Å². The van der Waals surface area contributed by atoms with Crippen LogP contribution in [0, 0.1) is 11.3 Å². The maximum atomic E-state index is 12.0. The molecule has 0 aromatic rings. The zero-order chi connectivity index (χ0) is 27.5. The Balaban J connectivity index is 2.70. The van der Waals surface area contributed by atoms with Gasteiger partial charge in [0.05, 0.1) is 12.2 Å². The molecule has 1 aliphatic heterocycles. The molecular formula is C29H60O4Si2. The fraction of sp³-hybridized carbons (Fsp3) is 0.966. The molecule has 1 saturated heterocycles. The summed E-state index contributed by atoms with van der Waals surface area (Å²) in [5.41, 5.74) is 0.165. The van der Waals surface area contributed by atoms with E-state index in [9.17, 15) is 4.79 Å². The van der Waals surface area contributed by atoms with E-state index in [-0.39, 0.29) is 39.4 Å². The largest absolute Gasteiger partial charge is 0.417 e. The number of ether oxygens (including phenoxy) is 1. The highest BCUT2D eigenvalue weighted by Crippen LogP contribution is 2.43. The number of rotatable bonds is 13. The third-order valence-electron chi connectivity index (χ3n) is 9.25. The molecule has 0 saturated carbocycles. The molecule has 0 spiro atoms. The van der Waals surface area contributed by atoms with Gasteiger partial charge in [0.1, 0.15) is 5.78 Å². The van der Waals surface area contributed by atoms with Gasteiger partial charge in [-0.2, -0.15) is 0 Å². The third kappa shape index (κ3) is 9.99. The second-order valence-corrected chi connectivity index (χ2v) is 24.6. The monoisotopic (exact) mass is 528 g/mol. The van der Waals surface area contributed by atoms with Gasteiger partial charge in [-0.3, -0.25) is 4.79 Å². The molecule has 0 aliphatic carbocycles. The molecule has 1 fully saturated rings. The number of ketones is 1. The molecule has 35 heavy (non-hydrogen) atoms. The van der Waals surface area contributed by atoms with Crippen LogP contribution in [0.15, 0.2) is 0 Å². The lowest BCUT2D eigenvalue weighted by Gasteiger charge is -2.40. The van der Waals surface area contributed by atoms with Crippen molar-refractivity contribution in [1.82, 2.24) is 0 Å². The average Bonchev–Trinajstić information content (AvgIpc) is 2.94. The van der Waals surface area contributed by atoms with Crippen LogP contribution in [-0.2, 0) is 18.4 Å². The van der Waals surface area contributed by atoms with Crippen molar-refractivity contribution in [2.45, 2.75) is 162 Å². The fourth-order valence-electron chi connectivity index (χ4n) is 4.38. The molecule has 0 amide bonds. The number of carbonyl (C=O) groups excluding carboxylic acids is 1. The fourth-order valence-corrected chi connectivity index (χ4v) is 6.87. The van der Waals surface area contributed by atoms with E-state index in [1.807, 2.05) is 6.92 Å². The summed E-state index contributed by atoms with van der Waals surface area (Å²) in [6.07, 6.45) is 6.67. The van der Waals surface area contributed by atoms with E-state index in [2.05, 4.69) is 81.6 Å². The summed E-state index contributed by atoms with van der Waals surface area (Å²) in [6, 6.07) is 0. The Kier molecular flexibility index (Phi) is 11.5. The molecule has 0 N–H and O–H groups in total. The van der Waals surface area contributed by atoms with Crippen molar-refractivity contribution in [3.8, 4) is 0 Å². The minimum Gasteiger partial charge on any atom is -0.417 e. The summed E-state index contributed by atoms with van der Waals surface area (Å²) in [5, 5.41) is 0.415. The van der Waals surface area contributed by atoms with Crippen LogP contribution in [0.2, 0.25) is 36.3 Å². The normalized spacial score (nSPS) is 23.4. The van der Waals surface area contributed by atoms with Crippen LogP contribution in [0.3, 0.4) is 0 Å². The first kappa shape index (κ1) is 33.0. The SMILES string of the molecule is CC(=O)[C@H](C)CC(CC[C@@H]1O[C@@H](CCCO[Si](C)(C)C(C)(C)C)CC1(C)C)O[Si](C)(C)C(C)(C)C. The summed E-state index contributed by atoms with van der Waals surface area (Å²) in [7, 11) is -3.59. The Hall–Kier alpha value is -0.0162. The van der Waals surface area contributed by atoms with E-state index in [1.165, 1.54) is 0 Å². The van der Waals surface area contributed by atoms with Crippen molar-refractivity contribution < 1.29 is 18.4 Å². The topological polar surface area (TPSA) is 44.8 Å². The van der Waals surface area contributed by atoms with Crippen LogP contribution >= 0.6 is 0 Å². The number of carbonyl (C=O) groups is 1. The molecule has 0 bridgehead atoms. The Bertz CT molecular complexity index is 673. The first-order valence-corrected chi connectivity index (χ1v) is 19.9. The molecular weight excluding hydrogens is 468 g/mol. The quantitative estimate of drug-likeness (QED) is 0.177. The van der Waals surface area contributed by atoms with Gasteiger partial charge in [-0.15, -0.1) is 0 Å². The number of hydrogen-bond acceptors (Lipinski definition) is 4. The van der Waals surface area contributed by atoms with E-state index in [4.69, 9.17) is 13.6 Å². The molecule has 4 atom stereocenters. The van der Waals surface area contributed by atoms with Crippen LogP contribution in [0.5, 0.6) is 0 Å². The van der Waals surface area contributed by atoms with Gasteiger partial charge in [-0.05, 0) is 87.1 Å². The summed E-state index contributed by atoms with van der Waals surface area (Å²) in [4.78, 5) is 12.0. The van der Waals surface area contributed by atoms with Crippen LogP contribution in [0.4, 0.5) is 0 Å². The third-order valence-corrected chi connectivity index (χ3v) is 18.3. The standard InChI is InChI=1S/C29H60O4Si2/c1-22(23(2)30)20-24(33-35(13,14)28(6,7)8)17-18-26-29(9,10)21-25(32-26)16-15-19-31-34(11,12)27(3,4)5/h22,24-26H,15-21H2,1-14H3/t22-,24?,25+,26+/m1/s1. The highest BCUT2D eigenvalue weighted by molar-refractivity contribution is 6.74. The zero-order valence-corrected chi connectivity index (χ0v) is 27.9. The minimum atomic E-state index is -1.91. The second-order valence-electron chi connectivity index (χ2n) is 15.0. The van der Waals surface area contributed by atoms with E-state index < -0.39 is 16.6 Å². The summed E-state index contributed by atoms with van der Waals surface area (Å²) in [6.45, 7) is 32.3. The molecule has 1 aliphatic rings. The van der Waals surface area contributed by atoms with Gasteiger partial charge >= 0.3 is 0 Å². The summed E-state index contributed by atoms with van der Waals surface area (Å²) < 4.78 is 19.8. The first-order valence-electron chi connectivity index (χ1n) is 14.1.